The Morgan fingerprint density at radius 1 is 1.47 bits per heavy atom. The van der Waals surface area contributed by atoms with Crippen molar-refractivity contribution in [3.05, 3.63) is 0 Å². The van der Waals surface area contributed by atoms with Crippen molar-refractivity contribution < 1.29 is 4.79 Å². The molecule has 0 spiro atoms. The van der Waals surface area contributed by atoms with Crippen molar-refractivity contribution in [1.82, 2.24) is 9.80 Å². The maximum Gasteiger partial charge on any atom is 0.239 e. The molecular weight excluding hydrogens is 214 g/mol. The Hall–Kier alpha value is -0.610. The van der Waals surface area contributed by atoms with Gasteiger partial charge in [-0.2, -0.15) is 0 Å². The summed E-state index contributed by atoms with van der Waals surface area (Å²) >= 11 is 0. The largest absolute Gasteiger partial charge is 0.337 e. The van der Waals surface area contributed by atoms with Crippen LogP contribution in [-0.2, 0) is 4.79 Å². The summed E-state index contributed by atoms with van der Waals surface area (Å²) in [5, 5.41) is 0. The fourth-order valence-electron chi connectivity index (χ4n) is 2.56. The van der Waals surface area contributed by atoms with Crippen LogP contribution >= 0.6 is 0 Å². The van der Waals surface area contributed by atoms with Crippen LogP contribution in [0.5, 0.6) is 0 Å². The quantitative estimate of drug-likeness (QED) is 0.778. The molecular formula is C13H27N3O. The molecule has 0 aromatic rings. The highest BCUT2D eigenvalue weighted by Crippen LogP contribution is 2.19. The van der Waals surface area contributed by atoms with Crippen molar-refractivity contribution in [3.8, 4) is 0 Å². The molecule has 1 heterocycles. The lowest BCUT2D eigenvalue weighted by Crippen LogP contribution is -2.49. The minimum absolute atomic E-state index is 0.142. The molecule has 4 heteroatoms. The smallest absolute Gasteiger partial charge is 0.239 e. The number of hydrogen-bond donors (Lipinski definition) is 1. The van der Waals surface area contributed by atoms with Gasteiger partial charge in [0.05, 0.1) is 6.04 Å². The van der Waals surface area contributed by atoms with E-state index in [9.17, 15) is 4.79 Å². The molecule has 0 aromatic heterocycles. The Morgan fingerprint density at radius 3 is 2.65 bits per heavy atom. The van der Waals surface area contributed by atoms with Gasteiger partial charge >= 0.3 is 0 Å². The summed E-state index contributed by atoms with van der Waals surface area (Å²) in [6.07, 6.45) is 3.00. The van der Waals surface area contributed by atoms with Crippen molar-refractivity contribution in [2.24, 2.45) is 11.7 Å². The SMILES string of the molecule is CC(C)C[C@H](N)C(=O)N1CCCC1CN(C)C. The second kappa shape index (κ2) is 6.36. The van der Waals surface area contributed by atoms with E-state index in [-0.39, 0.29) is 11.9 Å². The zero-order valence-electron chi connectivity index (χ0n) is 11.6. The van der Waals surface area contributed by atoms with Gasteiger partial charge in [-0.15, -0.1) is 0 Å². The van der Waals surface area contributed by atoms with Crippen molar-refractivity contribution in [3.63, 3.8) is 0 Å². The first-order chi connectivity index (χ1) is 7.91. The molecule has 2 atom stereocenters. The third-order valence-corrected chi connectivity index (χ3v) is 3.28. The van der Waals surface area contributed by atoms with E-state index in [1.54, 1.807) is 0 Å². The molecule has 0 saturated carbocycles. The Balaban J connectivity index is 2.55. The van der Waals surface area contributed by atoms with Gasteiger partial charge in [-0.25, -0.2) is 0 Å². The first kappa shape index (κ1) is 14.5. The first-order valence-electron chi connectivity index (χ1n) is 6.62. The number of nitrogens with zero attached hydrogens (tertiary/aromatic N) is 2. The van der Waals surface area contributed by atoms with E-state index in [4.69, 9.17) is 5.73 Å². The van der Waals surface area contributed by atoms with Gasteiger partial charge in [0.1, 0.15) is 0 Å². The maximum atomic E-state index is 12.3. The molecule has 0 radical (unpaired) electrons. The Labute approximate surface area is 105 Å². The van der Waals surface area contributed by atoms with Gasteiger partial charge < -0.3 is 15.5 Å². The van der Waals surface area contributed by atoms with Gasteiger partial charge in [0, 0.05) is 19.1 Å². The van der Waals surface area contributed by atoms with E-state index in [2.05, 4.69) is 32.8 Å². The number of rotatable bonds is 5. The van der Waals surface area contributed by atoms with Crippen molar-refractivity contribution in [2.75, 3.05) is 27.2 Å². The van der Waals surface area contributed by atoms with Crippen molar-refractivity contribution >= 4 is 5.91 Å². The van der Waals surface area contributed by atoms with E-state index >= 15 is 0 Å². The molecule has 1 amide bonds. The molecule has 1 aliphatic heterocycles. The van der Waals surface area contributed by atoms with E-state index < -0.39 is 0 Å². The van der Waals surface area contributed by atoms with Gasteiger partial charge in [0.15, 0.2) is 0 Å². The van der Waals surface area contributed by atoms with E-state index in [0.29, 0.717) is 12.0 Å². The third kappa shape index (κ3) is 4.28. The second-order valence-electron chi connectivity index (χ2n) is 5.83. The number of hydrogen-bond acceptors (Lipinski definition) is 3. The molecule has 1 aliphatic rings. The predicted octanol–water partition coefficient (Wildman–Crippen LogP) is 0.912. The Morgan fingerprint density at radius 2 is 2.12 bits per heavy atom. The van der Waals surface area contributed by atoms with Crippen LogP contribution in [0, 0.1) is 5.92 Å². The van der Waals surface area contributed by atoms with Gasteiger partial charge in [0.2, 0.25) is 5.91 Å². The number of amides is 1. The van der Waals surface area contributed by atoms with E-state index in [1.165, 1.54) is 0 Å². The normalized spacial score (nSPS) is 22.5. The van der Waals surface area contributed by atoms with Crippen molar-refractivity contribution in [2.45, 2.75) is 45.2 Å². The number of likely N-dealkylation sites (tertiary alicyclic amines) is 1. The topological polar surface area (TPSA) is 49.6 Å². The molecule has 2 N–H and O–H groups in total. The van der Waals surface area contributed by atoms with Crippen molar-refractivity contribution in [1.29, 1.82) is 0 Å². The average molecular weight is 241 g/mol. The summed E-state index contributed by atoms with van der Waals surface area (Å²) in [5.74, 6) is 0.618. The van der Waals surface area contributed by atoms with Crippen LogP contribution in [0.25, 0.3) is 0 Å². The second-order valence-corrected chi connectivity index (χ2v) is 5.83. The zero-order chi connectivity index (χ0) is 13.0. The summed E-state index contributed by atoms with van der Waals surface area (Å²) in [5.41, 5.74) is 5.99. The Bertz CT molecular complexity index is 253. The molecule has 4 nitrogen and oxygen atoms in total. The van der Waals surface area contributed by atoms with Crippen LogP contribution in [0.1, 0.15) is 33.1 Å². The standard InChI is InChI=1S/C13H27N3O/c1-10(2)8-12(14)13(17)16-7-5-6-11(16)9-15(3)4/h10-12H,5-9,14H2,1-4H3/t11?,12-/m0/s1. The van der Waals surface area contributed by atoms with Crippen LogP contribution in [0.4, 0.5) is 0 Å². The molecule has 0 aliphatic carbocycles. The van der Waals surface area contributed by atoms with Crippen LogP contribution in [0.3, 0.4) is 0 Å². The zero-order valence-corrected chi connectivity index (χ0v) is 11.6. The average Bonchev–Trinajstić information content (AvgIpc) is 2.62. The highest BCUT2D eigenvalue weighted by atomic mass is 16.2. The fraction of sp³-hybridized carbons (Fsp3) is 0.923. The van der Waals surface area contributed by atoms with E-state index in [0.717, 1.165) is 32.4 Å². The number of nitrogens with two attached hydrogens (primary N) is 1. The fourth-order valence-corrected chi connectivity index (χ4v) is 2.56. The monoisotopic (exact) mass is 241 g/mol. The molecule has 0 bridgehead atoms. The minimum Gasteiger partial charge on any atom is -0.337 e. The van der Waals surface area contributed by atoms with Gasteiger partial charge in [0.25, 0.3) is 0 Å². The number of likely N-dealkylation sites (N-methyl/N-ethyl adjacent to an activating group) is 1. The summed E-state index contributed by atoms with van der Waals surface area (Å²) in [4.78, 5) is 16.4. The van der Waals surface area contributed by atoms with Gasteiger partial charge in [-0.1, -0.05) is 13.8 Å². The van der Waals surface area contributed by atoms with Crippen LogP contribution in [-0.4, -0.2) is 55.0 Å². The molecule has 17 heavy (non-hydrogen) atoms. The lowest BCUT2D eigenvalue weighted by atomic mass is 10.0. The van der Waals surface area contributed by atoms with Crippen LogP contribution in [0.2, 0.25) is 0 Å². The lowest BCUT2D eigenvalue weighted by Gasteiger charge is -2.29. The van der Waals surface area contributed by atoms with Gasteiger partial charge in [-0.05, 0) is 39.3 Å². The predicted molar refractivity (Wildman–Crippen MR) is 70.7 cm³/mol. The molecule has 1 fully saturated rings. The summed E-state index contributed by atoms with van der Waals surface area (Å²) in [6, 6.07) is 0.0356. The minimum atomic E-state index is -0.322. The Kier molecular flexibility index (Phi) is 5.40. The first-order valence-corrected chi connectivity index (χ1v) is 6.62. The molecule has 1 unspecified atom stereocenters. The maximum absolute atomic E-state index is 12.3. The lowest BCUT2D eigenvalue weighted by molar-refractivity contribution is -0.134. The summed E-state index contributed by atoms with van der Waals surface area (Å²) in [7, 11) is 4.10. The molecule has 1 saturated heterocycles. The highest BCUT2D eigenvalue weighted by Gasteiger charge is 2.31. The van der Waals surface area contributed by atoms with Gasteiger partial charge in [-0.3, -0.25) is 4.79 Å². The molecule has 1 rings (SSSR count). The van der Waals surface area contributed by atoms with Crippen LogP contribution in [0.15, 0.2) is 0 Å². The number of carbonyl (C=O) groups excluding carboxylic acids is 1. The molecule has 0 aromatic carbocycles. The highest BCUT2D eigenvalue weighted by molar-refractivity contribution is 5.82. The molecule has 100 valence electrons. The summed E-state index contributed by atoms with van der Waals surface area (Å²) in [6.45, 7) is 6.03. The number of carbonyl (C=O) groups is 1. The van der Waals surface area contributed by atoms with E-state index in [1.807, 2.05) is 4.90 Å². The third-order valence-electron chi connectivity index (χ3n) is 3.28. The van der Waals surface area contributed by atoms with Crippen LogP contribution < -0.4 is 5.73 Å². The summed E-state index contributed by atoms with van der Waals surface area (Å²) < 4.78 is 0.